The van der Waals surface area contributed by atoms with Crippen molar-refractivity contribution < 1.29 is 22.7 Å². The molecule has 0 aliphatic carbocycles. The van der Waals surface area contributed by atoms with E-state index in [0.29, 0.717) is 67.6 Å². The number of carbonyl (C=O) groups is 1. The van der Waals surface area contributed by atoms with E-state index in [-0.39, 0.29) is 16.7 Å². The van der Waals surface area contributed by atoms with Crippen LogP contribution in [0.3, 0.4) is 0 Å². The number of aromatic nitrogens is 2. The molecule has 1 aliphatic heterocycles. The molecule has 6 nitrogen and oxygen atoms in total. The number of alkyl halides is 3. The normalized spacial score (nSPS) is 15.2. The van der Waals surface area contributed by atoms with E-state index >= 15 is 0 Å². The minimum absolute atomic E-state index is 0.177. The number of carbonyl (C=O) groups excluding carboxylic acids is 1. The Morgan fingerprint density at radius 1 is 1.22 bits per heavy atom. The number of esters is 1. The van der Waals surface area contributed by atoms with E-state index < -0.39 is 11.1 Å². The zero-order valence-corrected chi connectivity index (χ0v) is 18.3. The molecule has 0 unspecified atom stereocenters. The molecule has 32 heavy (non-hydrogen) atoms. The maximum Gasteiger partial charge on any atom is 0.425 e. The SMILES string of the molecule is CCOC(=O)C1CCN(c2nc(NCc3ccccc3)c3cc(C(F)(F)F)sc3n2)CC1. The Hall–Kier alpha value is -2.88. The zero-order chi connectivity index (χ0) is 22.7. The predicted molar refractivity (Wildman–Crippen MR) is 118 cm³/mol. The second kappa shape index (κ2) is 9.32. The predicted octanol–water partition coefficient (Wildman–Crippen LogP) is 5.10. The fourth-order valence-electron chi connectivity index (χ4n) is 3.68. The van der Waals surface area contributed by atoms with Gasteiger partial charge in [0, 0.05) is 19.6 Å². The Bertz CT molecular complexity index is 1080. The fourth-order valence-corrected chi connectivity index (χ4v) is 4.58. The van der Waals surface area contributed by atoms with Gasteiger partial charge in [0.05, 0.1) is 17.9 Å². The molecular formula is C22H23F3N4O2S. The molecule has 0 atom stereocenters. The zero-order valence-electron chi connectivity index (χ0n) is 17.5. The Balaban J connectivity index is 1.60. The molecule has 0 amide bonds. The molecule has 1 fully saturated rings. The minimum Gasteiger partial charge on any atom is -0.466 e. The number of halogens is 3. The van der Waals surface area contributed by atoms with Crippen molar-refractivity contribution in [2.75, 3.05) is 29.9 Å². The van der Waals surface area contributed by atoms with Gasteiger partial charge < -0.3 is 15.0 Å². The van der Waals surface area contributed by atoms with Crippen molar-refractivity contribution >= 4 is 39.3 Å². The van der Waals surface area contributed by atoms with Crippen LogP contribution < -0.4 is 10.2 Å². The molecule has 3 aromatic rings. The average Bonchev–Trinajstić information content (AvgIpc) is 3.23. The molecule has 170 valence electrons. The second-order valence-corrected chi connectivity index (χ2v) is 8.58. The van der Waals surface area contributed by atoms with Crippen molar-refractivity contribution in [1.29, 1.82) is 0 Å². The van der Waals surface area contributed by atoms with Gasteiger partial charge in [0.1, 0.15) is 15.5 Å². The van der Waals surface area contributed by atoms with Gasteiger partial charge in [0.15, 0.2) is 0 Å². The van der Waals surface area contributed by atoms with Crippen molar-refractivity contribution in [2.24, 2.45) is 5.92 Å². The highest BCUT2D eigenvalue weighted by Crippen LogP contribution is 2.40. The van der Waals surface area contributed by atoms with Crippen molar-refractivity contribution in [3.63, 3.8) is 0 Å². The molecule has 2 aromatic heterocycles. The van der Waals surface area contributed by atoms with E-state index in [0.717, 1.165) is 11.6 Å². The minimum atomic E-state index is -4.44. The second-order valence-electron chi connectivity index (χ2n) is 7.55. The monoisotopic (exact) mass is 464 g/mol. The van der Waals surface area contributed by atoms with Crippen LogP contribution in [0.4, 0.5) is 24.9 Å². The first kappa shape index (κ1) is 22.3. The molecule has 0 saturated carbocycles. The number of hydrogen-bond donors (Lipinski definition) is 1. The molecule has 1 N–H and O–H groups in total. The molecule has 1 saturated heterocycles. The third-order valence-electron chi connectivity index (χ3n) is 5.36. The van der Waals surface area contributed by atoms with Crippen LogP contribution in [-0.4, -0.2) is 35.6 Å². The smallest absolute Gasteiger partial charge is 0.425 e. The van der Waals surface area contributed by atoms with Crippen LogP contribution in [0.2, 0.25) is 0 Å². The van der Waals surface area contributed by atoms with Crippen molar-refractivity contribution in [2.45, 2.75) is 32.5 Å². The number of piperidine rings is 1. The fraction of sp³-hybridized carbons (Fsp3) is 0.409. The van der Waals surface area contributed by atoms with Gasteiger partial charge in [-0.15, -0.1) is 11.3 Å². The summed E-state index contributed by atoms with van der Waals surface area (Å²) in [6.45, 7) is 3.61. The standard InChI is InChI=1S/C22H23F3N4O2S/c1-2-31-20(30)15-8-10-29(11-9-15)21-27-18(26-13-14-6-4-3-5-7-14)16-12-17(22(23,24)25)32-19(16)28-21/h3-7,12,15H,2,8-11,13H2,1H3,(H,26,27,28). The van der Waals surface area contributed by atoms with Gasteiger partial charge in [-0.25, -0.2) is 4.98 Å². The summed E-state index contributed by atoms with van der Waals surface area (Å²) in [6, 6.07) is 10.7. The lowest BCUT2D eigenvalue weighted by atomic mass is 9.97. The molecule has 1 aliphatic rings. The van der Waals surface area contributed by atoms with Crippen molar-refractivity contribution in [3.8, 4) is 0 Å². The quantitative estimate of drug-likeness (QED) is 0.512. The highest BCUT2D eigenvalue weighted by molar-refractivity contribution is 7.18. The van der Waals surface area contributed by atoms with Gasteiger partial charge in [0.25, 0.3) is 0 Å². The van der Waals surface area contributed by atoms with Gasteiger partial charge in [-0.1, -0.05) is 30.3 Å². The molecule has 1 aromatic carbocycles. The van der Waals surface area contributed by atoms with Crippen LogP contribution in [-0.2, 0) is 22.3 Å². The van der Waals surface area contributed by atoms with Crippen LogP contribution in [0.15, 0.2) is 36.4 Å². The van der Waals surface area contributed by atoms with Gasteiger partial charge in [0.2, 0.25) is 5.95 Å². The summed E-state index contributed by atoms with van der Waals surface area (Å²) in [5.74, 6) is 0.352. The van der Waals surface area contributed by atoms with Gasteiger partial charge >= 0.3 is 12.1 Å². The third kappa shape index (κ3) is 4.95. The number of anilines is 2. The van der Waals surface area contributed by atoms with Crippen LogP contribution >= 0.6 is 11.3 Å². The van der Waals surface area contributed by atoms with Crippen LogP contribution in [0.5, 0.6) is 0 Å². The van der Waals surface area contributed by atoms with Crippen LogP contribution in [0.1, 0.15) is 30.2 Å². The van der Waals surface area contributed by atoms with Gasteiger partial charge in [-0.3, -0.25) is 4.79 Å². The number of nitrogens with zero attached hydrogens (tertiary/aromatic N) is 3. The number of fused-ring (bicyclic) bond motifs is 1. The van der Waals surface area contributed by atoms with Gasteiger partial charge in [-0.05, 0) is 31.4 Å². The number of thiophene rings is 1. The van der Waals surface area contributed by atoms with E-state index in [9.17, 15) is 18.0 Å². The lowest BCUT2D eigenvalue weighted by Gasteiger charge is -2.31. The summed E-state index contributed by atoms with van der Waals surface area (Å²) in [6.07, 6.45) is -3.27. The Morgan fingerprint density at radius 2 is 1.94 bits per heavy atom. The summed E-state index contributed by atoms with van der Waals surface area (Å²) < 4.78 is 45.1. The summed E-state index contributed by atoms with van der Waals surface area (Å²) in [5, 5.41) is 3.53. The van der Waals surface area contributed by atoms with E-state index in [1.54, 1.807) is 6.92 Å². The summed E-state index contributed by atoms with van der Waals surface area (Å²) in [4.78, 5) is 22.5. The van der Waals surface area contributed by atoms with Crippen LogP contribution in [0, 0.1) is 5.92 Å². The molecule has 3 heterocycles. The largest absolute Gasteiger partial charge is 0.466 e. The maximum atomic E-state index is 13.3. The van der Waals surface area contributed by atoms with E-state index in [1.165, 1.54) is 0 Å². The average molecular weight is 465 g/mol. The lowest BCUT2D eigenvalue weighted by molar-refractivity contribution is -0.148. The first-order valence-electron chi connectivity index (χ1n) is 10.4. The molecule has 10 heteroatoms. The number of rotatable bonds is 6. The maximum absolute atomic E-state index is 13.3. The number of benzene rings is 1. The molecule has 0 bridgehead atoms. The van der Waals surface area contributed by atoms with E-state index in [2.05, 4.69) is 15.3 Å². The summed E-state index contributed by atoms with van der Waals surface area (Å²) in [7, 11) is 0. The first-order valence-corrected chi connectivity index (χ1v) is 11.2. The Kier molecular flexibility index (Phi) is 6.50. The summed E-state index contributed by atoms with van der Waals surface area (Å²) >= 11 is 0.613. The molecule has 0 spiro atoms. The lowest BCUT2D eigenvalue weighted by Crippen LogP contribution is -2.38. The number of ether oxygens (including phenoxy) is 1. The summed E-state index contributed by atoms with van der Waals surface area (Å²) in [5.41, 5.74) is 0.988. The molecular weight excluding hydrogens is 441 g/mol. The Labute approximate surface area is 187 Å². The van der Waals surface area contributed by atoms with Crippen molar-refractivity contribution in [3.05, 3.63) is 46.8 Å². The van der Waals surface area contributed by atoms with E-state index in [1.807, 2.05) is 35.2 Å². The van der Waals surface area contributed by atoms with Crippen LogP contribution in [0.25, 0.3) is 10.2 Å². The highest BCUT2D eigenvalue weighted by Gasteiger charge is 2.34. The number of nitrogens with one attached hydrogen (secondary N) is 1. The van der Waals surface area contributed by atoms with Crippen molar-refractivity contribution in [1.82, 2.24) is 9.97 Å². The number of hydrogen-bond acceptors (Lipinski definition) is 7. The third-order valence-corrected chi connectivity index (χ3v) is 6.43. The molecule has 0 radical (unpaired) electrons. The molecule has 4 rings (SSSR count). The topological polar surface area (TPSA) is 67.3 Å². The highest BCUT2D eigenvalue weighted by atomic mass is 32.1. The first-order chi connectivity index (χ1) is 15.3. The van der Waals surface area contributed by atoms with Gasteiger partial charge in [-0.2, -0.15) is 18.2 Å². The Morgan fingerprint density at radius 3 is 2.59 bits per heavy atom. The van der Waals surface area contributed by atoms with E-state index in [4.69, 9.17) is 4.74 Å².